The summed E-state index contributed by atoms with van der Waals surface area (Å²) in [4.78, 5) is -1.07. The van der Waals surface area contributed by atoms with E-state index in [0.717, 1.165) is 0 Å². The molecule has 0 atom stereocenters. The number of benzene rings is 3. The summed E-state index contributed by atoms with van der Waals surface area (Å²) in [5.74, 6) is -4.46. The van der Waals surface area contributed by atoms with Crippen LogP contribution in [0.1, 0.15) is 0 Å². The highest BCUT2D eigenvalue weighted by molar-refractivity contribution is 7.87. The molecule has 0 fully saturated rings. The Morgan fingerprint density at radius 1 is 0.720 bits per heavy atom. The topological polar surface area (TPSA) is 43.4 Å². The normalized spacial score (nSPS) is 11.3. The van der Waals surface area contributed by atoms with Gasteiger partial charge in [0.1, 0.15) is 10.7 Å². The molecule has 25 heavy (non-hydrogen) atoms. The Morgan fingerprint density at radius 3 is 2.04 bits per heavy atom. The second kappa shape index (κ2) is 6.60. The summed E-state index contributed by atoms with van der Waals surface area (Å²) < 4.78 is 69.7. The van der Waals surface area contributed by atoms with Crippen LogP contribution in [0.15, 0.2) is 71.6 Å². The van der Waals surface area contributed by atoms with Crippen molar-refractivity contribution in [1.82, 2.24) is 0 Å². The van der Waals surface area contributed by atoms with E-state index in [0.29, 0.717) is 11.1 Å². The van der Waals surface area contributed by atoms with Crippen molar-refractivity contribution in [2.24, 2.45) is 0 Å². The number of hydrogen-bond acceptors (Lipinski definition) is 3. The summed E-state index contributed by atoms with van der Waals surface area (Å²) in [6.45, 7) is 0. The zero-order chi connectivity index (χ0) is 18.0. The molecule has 0 heterocycles. The average molecular weight is 364 g/mol. The van der Waals surface area contributed by atoms with E-state index in [4.69, 9.17) is 4.18 Å². The van der Waals surface area contributed by atoms with Gasteiger partial charge in [0.25, 0.3) is 0 Å². The Bertz CT molecular complexity index is 1020. The van der Waals surface area contributed by atoms with Gasteiger partial charge in [0, 0.05) is 17.7 Å². The summed E-state index contributed by atoms with van der Waals surface area (Å²) in [7, 11) is -4.70. The largest absolute Gasteiger partial charge is 0.378 e. The number of rotatable bonds is 4. The molecular formula is C18H11F3O3S. The van der Waals surface area contributed by atoms with Crippen LogP contribution < -0.4 is 4.18 Å². The van der Waals surface area contributed by atoms with Crippen LogP contribution in [0, 0.1) is 17.5 Å². The van der Waals surface area contributed by atoms with Gasteiger partial charge in [0.05, 0.1) is 0 Å². The van der Waals surface area contributed by atoms with Gasteiger partial charge in [-0.1, -0.05) is 48.5 Å². The molecule has 0 amide bonds. The molecule has 0 bridgehead atoms. The smallest absolute Gasteiger partial charge is 0.342 e. The first-order valence-corrected chi connectivity index (χ1v) is 8.53. The van der Waals surface area contributed by atoms with E-state index in [1.54, 1.807) is 48.5 Å². The van der Waals surface area contributed by atoms with Gasteiger partial charge in [-0.2, -0.15) is 8.42 Å². The van der Waals surface area contributed by atoms with E-state index < -0.39 is 32.5 Å². The third kappa shape index (κ3) is 3.51. The van der Waals surface area contributed by atoms with Crippen LogP contribution in [-0.4, -0.2) is 8.42 Å². The highest BCUT2D eigenvalue weighted by Gasteiger charge is 2.25. The molecule has 3 rings (SSSR count). The first-order valence-electron chi connectivity index (χ1n) is 7.12. The van der Waals surface area contributed by atoms with E-state index in [2.05, 4.69) is 0 Å². The van der Waals surface area contributed by atoms with Crippen LogP contribution in [0.4, 0.5) is 13.2 Å². The molecule has 3 aromatic rings. The molecule has 128 valence electrons. The monoisotopic (exact) mass is 364 g/mol. The van der Waals surface area contributed by atoms with Crippen molar-refractivity contribution in [3.63, 3.8) is 0 Å². The van der Waals surface area contributed by atoms with Crippen LogP contribution in [-0.2, 0) is 10.1 Å². The molecule has 0 N–H and O–H groups in total. The minimum atomic E-state index is -4.70. The van der Waals surface area contributed by atoms with Crippen molar-refractivity contribution in [2.45, 2.75) is 4.90 Å². The van der Waals surface area contributed by atoms with Crippen molar-refractivity contribution >= 4 is 10.1 Å². The molecule has 0 unspecified atom stereocenters. The average Bonchev–Trinajstić information content (AvgIpc) is 2.59. The van der Waals surface area contributed by atoms with Crippen LogP contribution in [0.5, 0.6) is 5.75 Å². The van der Waals surface area contributed by atoms with Crippen molar-refractivity contribution in [3.05, 3.63) is 84.2 Å². The van der Waals surface area contributed by atoms with Crippen LogP contribution in [0.25, 0.3) is 11.1 Å². The molecular weight excluding hydrogens is 353 g/mol. The van der Waals surface area contributed by atoms with Crippen molar-refractivity contribution in [1.29, 1.82) is 0 Å². The Morgan fingerprint density at radius 2 is 1.32 bits per heavy atom. The molecule has 3 nitrogen and oxygen atoms in total. The molecule has 7 heteroatoms. The highest BCUT2D eigenvalue weighted by atomic mass is 32.2. The lowest BCUT2D eigenvalue weighted by Crippen LogP contribution is -2.13. The van der Waals surface area contributed by atoms with Crippen molar-refractivity contribution < 1.29 is 25.8 Å². The fourth-order valence-electron chi connectivity index (χ4n) is 2.25. The number of para-hydroxylation sites is 1. The molecule has 0 spiro atoms. The Hall–Kier alpha value is -2.80. The molecule has 0 aromatic heterocycles. The van der Waals surface area contributed by atoms with Gasteiger partial charge in [0.15, 0.2) is 17.4 Å². The van der Waals surface area contributed by atoms with Crippen LogP contribution in [0.3, 0.4) is 0 Å². The summed E-state index contributed by atoms with van der Waals surface area (Å²) in [5, 5.41) is 0. The summed E-state index contributed by atoms with van der Waals surface area (Å²) >= 11 is 0. The second-order valence-electron chi connectivity index (χ2n) is 5.10. The first kappa shape index (κ1) is 17.0. The highest BCUT2D eigenvalue weighted by Crippen LogP contribution is 2.32. The lowest BCUT2D eigenvalue weighted by molar-refractivity contribution is 0.460. The van der Waals surface area contributed by atoms with Gasteiger partial charge in [-0.05, 0) is 11.6 Å². The van der Waals surface area contributed by atoms with E-state index >= 15 is 0 Å². The second-order valence-corrected chi connectivity index (χ2v) is 6.61. The van der Waals surface area contributed by atoms with Crippen LogP contribution >= 0.6 is 0 Å². The predicted octanol–water partition coefficient (Wildman–Crippen LogP) is 4.54. The minimum Gasteiger partial charge on any atom is -0.378 e. The van der Waals surface area contributed by atoms with E-state index in [9.17, 15) is 21.6 Å². The zero-order valence-corrected chi connectivity index (χ0v) is 13.4. The maximum atomic E-state index is 13.8. The quantitative estimate of drug-likeness (QED) is 0.504. The van der Waals surface area contributed by atoms with E-state index in [1.165, 1.54) is 6.07 Å². The van der Waals surface area contributed by atoms with Gasteiger partial charge in [-0.3, -0.25) is 0 Å². The fourth-order valence-corrected chi connectivity index (χ4v) is 3.27. The van der Waals surface area contributed by atoms with Gasteiger partial charge < -0.3 is 4.18 Å². The summed E-state index contributed by atoms with van der Waals surface area (Å²) in [5.41, 5.74) is 1.13. The van der Waals surface area contributed by atoms with Crippen LogP contribution in [0.2, 0.25) is 0 Å². The third-order valence-electron chi connectivity index (χ3n) is 3.42. The third-order valence-corrected chi connectivity index (χ3v) is 4.67. The maximum Gasteiger partial charge on any atom is 0.342 e. The lowest BCUT2D eigenvalue weighted by atomic mass is 10.1. The van der Waals surface area contributed by atoms with E-state index in [1.807, 2.05) is 0 Å². The molecule has 0 aliphatic heterocycles. The fraction of sp³-hybridized carbons (Fsp3) is 0. The van der Waals surface area contributed by atoms with Gasteiger partial charge in [0.2, 0.25) is 0 Å². The van der Waals surface area contributed by atoms with Gasteiger partial charge >= 0.3 is 10.1 Å². The van der Waals surface area contributed by atoms with E-state index in [-0.39, 0.29) is 17.9 Å². The molecule has 0 radical (unpaired) electrons. The number of halogens is 3. The summed E-state index contributed by atoms with van der Waals surface area (Å²) in [6.07, 6.45) is 0. The Balaban J connectivity index is 2.05. The predicted molar refractivity (Wildman–Crippen MR) is 86.0 cm³/mol. The molecule has 3 aromatic carbocycles. The first-order chi connectivity index (χ1) is 11.9. The molecule has 0 aliphatic rings. The van der Waals surface area contributed by atoms with Crippen molar-refractivity contribution in [2.75, 3.05) is 0 Å². The zero-order valence-electron chi connectivity index (χ0n) is 12.6. The van der Waals surface area contributed by atoms with Gasteiger partial charge in [-0.15, -0.1) is 0 Å². The number of hydrogen-bond donors (Lipinski definition) is 0. The lowest BCUT2D eigenvalue weighted by Gasteiger charge is -2.12. The van der Waals surface area contributed by atoms with Crippen molar-refractivity contribution in [3.8, 4) is 16.9 Å². The maximum absolute atomic E-state index is 13.8. The SMILES string of the molecule is O=S(=O)(Oc1ccccc1-c1ccccc1)c1cc(F)c(F)cc1F. The molecule has 0 saturated heterocycles. The van der Waals surface area contributed by atoms with Gasteiger partial charge in [-0.25, -0.2) is 13.2 Å². The Kier molecular flexibility index (Phi) is 4.50. The minimum absolute atomic E-state index is 0.0576. The standard InChI is InChI=1S/C18H11F3O3S/c19-14-10-16(21)18(11-15(14)20)25(22,23)24-17-9-5-4-8-13(17)12-6-2-1-3-7-12/h1-11H. The Labute approximate surface area is 142 Å². The summed E-state index contributed by atoms with van der Waals surface area (Å²) in [6, 6.07) is 15.4. The molecule has 0 saturated carbocycles. The molecule has 0 aliphatic carbocycles.